The Kier molecular flexibility index (Phi) is 4.39. The maximum absolute atomic E-state index is 9.77. The van der Waals surface area contributed by atoms with Crippen LogP contribution in [0.1, 0.15) is 22.9 Å². The van der Waals surface area contributed by atoms with Gasteiger partial charge in [-0.1, -0.05) is 23.8 Å². The zero-order chi connectivity index (χ0) is 13.0. The zero-order valence-electron chi connectivity index (χ0n) is 10.8. The molecule has 2 aromatic rings. The van der Waals surface area contributed by atoms with Gasteiger partial charge in [-0.25, -0.2) is 0 Å². The van der Waals surface area contributed by atoms with Gasteiger partial charge in [0.1, 0.15) is 5.75 Å². The van der Waals surface area contributed by atoms with Crippen molar-refractivity contribution in [1.29, 1.82) is 0 Å². The lowest BCUT2D eigenvalue weighted by Gasteiger charge is -2.14. The number of hydrogen-bond acceptors (Lipinski definition) is 3. The number of aromatic hydroxyl groups is 1. The number of benzene rings is 1. The van der Waals surface area contributed by atoms with Gasteiger partial charge in [0, 0.05) is 23.0 Å². The van der Waals surface area contributed by atoms with Gasteiger partial charge in [0.25, 0.3) is 0 Å². The summed E-state index contributed by atoms with van der Waals surface area (Å²) in [5.41, 5.74) is 2.14. The van der Waals surface area contributed by atoms with Crippen LogP contribution in [0.2, 0.25) is 0 Å². The molecule has 0 radical (unpaired) electrons. The van der Waals surface area contributed by atoms with E-state index in [2.05, 4.69) is 29.8 Å². The van der Waals surface area contributed by atoms with E-state index in [1.54, 1.807) is 17.4 Å². The van der Waals surface area contributed by atoms with Crippen molar-refractivity contribution in [2.45, 2.75) is 32.9 Å². The summed E-state index contributed by atoms with van der Waals surface area (Å²) in [6.45, 7) is 4.92. The van der Waals surface area contributed by atoms with Crippen molar-refractivity contribution in [3.8, 4) is 5.75 Å². The van der Waals surface area contributed by atoms with E-state index >= 15 is 0 Å². The third kappa shape index (κ3) is 3.59. The lowest BCUT2D eigenvalue weighted by molar-refractivity contribution is 0.458. The Bertz CT molecular complexity index is 493. The smallest absolute Gasteiger partial charge is 0.120 e. The number of rotatable bonds is 5. The van der Waals surface area contributed by atoms with Crippen molar-refractivity contribution in [3.63, 3.8) is 0 Å². The molecule has 1 heterocycles. The van der Waals surface area contributed by atoms with Gasteiger partial charge in [0.15, 0.2) is 0 Å². The van der Waals surface area contributed by atoms with E-state index in [-0.39, 0.29) is 0 Å². The molecule has 1 aromatic carbocycles. The molecule has 0 spiro atoms. The average Bonchev–Trinajstić information content (AvgIpc) is 2.83. The third-order valence-corrected chi connectivity index (χ3v) is 3.86. The lowest BCUT2D eigenvalue weighted by atomic mass is 10.1. The SMILES string of the molecule is Cc1ccc(O)c(CNC(C)Cc2cccs2)c1. The Morgan fingerprint density at radius 1 is 1.33 bits per heavy atom. The van der Waals surface area contributed by atoms with Crippen LogP contribution < -0.4 is 5.32 Å². The summed E-state index contributed by atoms with van der Waals surface area (Å²) in [6, 6.07) is 10.4. The van der Waals surface area contributed by atoms with Crippen molar-refractivity contribution in [1.82, 2.24) is 5.32 Å². The Hall–Kier alpha value is -1.32. The first-order valence-corrected chi connectivity index (χ1v) is 7.07. The van der Waals surface area contributed by atoms with Crippen LogP contribution in [0.5, 0.6) is 5.75 Å². The van der Waals surface area contributed by atoms with Crippen LogP contribution in [0.15, 0.2) is 35.7 Å². The first-order chi connectivity index (χ1) is 8.65. The van der Waals surface area contributed by atoms with E-state index in [4.69, 9.17) is 0 Å². The summed E-state index contributed by atoms with van der Waals surface area (Å²) >= 11 is 1.79. The monoisotopic (exact) mass is 261 g/mol. The number of aryl methyl sites for hydroxylation is 1. The van der Waals surface area contributed by atoms with E-state index in [0.29, 0.717) is 18.3 Å². The molecule has 0 aliphatic rings. The first kappa shape index (κ1) is 13.1. The third-order valence-electron chi connectivity index (χ3n) is 2.96. The first-order valence-electron chi connectivity index (χ1n) is 6.19. The summed E-state index contributed by atoms with van der Waals surface area (Å²) in [4.78, 5) is 1.39. The van der Waals surface area contributed by atoms with Gasteiger partial charge in [-0.3, -0.25) is 0 Å². The van der Waals surface area contributed by atoms with E-state index in [1.165, 1.54) is 10.4 Å². The zero-order valence-corrected chi connectivity index (χ0v) is 11.6. The highest BCUT2D eigenvalue weighted by Crippen LogP contribution is 2.18. The number of phenols is 1. The number of thiophene rings is 1. The summed E-state index contributed by atoms with van der Waals surface area (Å²) in [6.07, 6.45) is 1.03. The van der Waals surface area contributed by atoms with E-state index < -0.39 is 0 Å². The van der Waals surface area contributed by atoms with Crippen LogP contribution in [-0.4, -0.2) is 11.1 Å². The van der Waals surface area contributed by atoms with E-state index in [1.807, 2.05) is 19.1 Å². The van der Waals surface area contributed by atoms with Gasteiger partial charge in [0.05, 0.1) is 0 Å². The molecule has 2 rings (SSSR count). The molecule has 0 amide bonds. The van der Waals surface area contributed by atoms with E-state index in [9.17, 15) is 5.11 Å². The van der Waals surface area contributed by atoms with E-state index in [0.717, 1.165) is 12.0 Å². The Balaban J connectivity index is 1.89. The van der Waals surface area contributed by atoms with Crippen LogP contribution >= 0.6 is 11.3 Å². The largest absolute Gasteiger partial charge is 0.508 e. The van der Waals surface area contributed by atoms with Gasteiger partial charge in [-0.2, -0.15) is 0 Å². The Labute approximate surface area is 112 Å². The standard InChI is InChI=1S/C15H19NOS/c1-11-5-6-15(17)13(8-11)10-16-12(2)9-14-4-3-7-18-14/h3-8,12,16-17H,9-10H2,1-2H3. The number of phenolic OH excluding ortho intramolecular Hbond substituents is 1. The van der Waals surface area contributed by atoms with Crippen molar-refractivity contribution in [2.24, 2.45) is 0 Å². The maximum atomic E-state index is 9.77. The lowest BCUT2D eigenvalue weighted by Crippen LogP contribution is -2.27. The molecule has 0 bridgehead atoms. The van der Waals surface area contributed by atoms with Gasteiger partial charge in [-0.15, -0.1) is 11.3 Å². The minimum atomic E-state index is 0.372. The quantitative estimate of drug-likeness (QED) is 0.863. The molecular formula is C15H19NOS. The molecule has 18 heavy (non-hydrogen) atoms. The highest BCUT2D eigenvalue weighted by Gasteiger charge is 2.06. The molecule has 0 fully saturated rings. The van der Waals surface area contributed by atoms with Crippen LogP contribution in [0.4, 0.5) is 0 Å². The Morgan fingerprint density at radius 2 is 2.17 bits per heavy atom. The van der Waals surface area contributed by atoms with Gasteiger partial charge in [-0.05, 0) is 37.8 Å². The summed E-state index contributed by atoms with van der Waals surface area (Å²) < 4.78 is 0. The summed E-state index contributed by atoms with van der Waals surface area (Å²) in [5.74, 6) is 0.372. The highest BCUT2D eigenvalue weighted by atomic mass is 32.1. The number of nitrogens with one attached hydrogen (secondary N) is 1. The second kappa shape index (κ2) is 6.03. The molecule has 3 heteroatoms. The summed E-state index contributed by atoms with van der Waals surface area (Å²) in [5, 5.41) is 15.3. The summed E-state index contributed by atoms with van der Waals surface area (Å²) in [7, 11) is 0. The molecule has 1 unspecified atom stereocenters. The van der Waals surface area contributed by atoms with Crippen molar-refractivity contribution in [2.75, 3.05) is 0 Å². The van der Waals surface area contributed by atoms with Crippen molar-refractivity contribution in [3.05, 3.63) is 51.7 Å². The second-order valence-electron chi connectivity index (χ2n) is 4.70. The molecule has 2 N–H and O–H groups in total. The molecule has 0 saturated heterocycles. The second-order valence-corrected chi connectivity index (χ2v) is 5.73. The fraction of sp³-hybridized carbons (Fsp3) is 0.333. The fourth-order valence-electron chi connectivity index (χ4n) is 1.94. The van der Waals surface area contributed by atoms with Crippen LogP contribution in [-0.2, 0) is 13.0 Å². The normalized spacial score (nSPS) is 12.6. The van der Waals surface area contributed by atoms with Crippen molar-refractivity contribution >= 4 is 11.3 Å². The Morgan fingerprint density at radius 3 is 2.89 bits per heavy atom. The van der Waals surface area contributed by atoms with Crippen LogP contribution in [0.3, 0.4) is 0 Å². The molecule has 0 aliphatic carbocycles. The molecule has 0 saturated carbocycles. The van der Waals surface area contributed by atoms with Gasteiger partial charge in [0.2, 0.25) is 0 Å². The van der Waals surface area contributed by atoms with Crippen LogP contribution in [0.25, 0.3) is 0 Å². The van der Waals surface area contributed by atoms with Gasteiger partial charge < -0.3 is 10.4 Å². The topological polar surface area (TPSA) is 32.3 Å². The molecule has 96 valence electrons. The molecule has 1 aromatic heterocycles. The minimum Gasteiger partial charge on any atom is -0.508 e. The molecule has 2 nitrogen and oxygen atoms in total. The predicted molar refractivity (Wildman–Crippen MR) is 77.2 cm³/mol. The molecule has 0 aliphatic heterocycles. The minimum absolute atomic E-state index is 0.372. The highest BCUT2D eigenvalue weighted by molar-refractivity contribution is 7.09. The molecule has 1 atom stereocenters. The molecular weight excluding hydrogens is 242 g/mol. The van der Waals surface area contributed by atoms with Crippen molar-refractivity contribution < 1.29 is 5.11 Å². The fourth-order valence-corrected chi connectivity index (χ4v) is 2.78. The maximum Gasteiger partial charge on any atom is 0.120 e. The number of hydrogen-bond donors (Lipinski definition) is 2. The average molecular weight is 261 g/mol. The predicted octanol–water partition coefficient (Wildman–Crippen LogP) is 3.48. The van der Waals surface area contributed by atoms with Crippen LogP contribution in [0, 0.1) is 6.92 Å². The van der Waals surface area contributed by atoms with Gasteiger partial charge >= 0.3 is 0 Å².